The molecule has 0 aliphatic carbocycles. The van der Waals surface area contributed by atoms with Gasteiger partial charge < -0.3 is 14.8 Å². The van der Waals surface area contributed by atoms with Crippen molar-refractivity contribution < 1.29 is 27.5 Å². The summed E-state index contributed by atoms with van der Waals surface area (Å²) in [5.74, 6) is -0.925. The average Bonchev–Trinajstić information content (AvgIpc) is 2.83. The van der Waals surface area contributed by atoms with Gasteiger partial charge in [0.2, 0.25) is 0 Å². The second kappa shape index (κ2) is 9.18. The molecule has 3 aromatic carbocycles. The standard InChI is InChI=1S/C25H24N2O6S/c1-16-8-11-18(12-9-16)34(30,31)27-15-23(33-22-13-10-17(2)14-21(22)27)24(28)26-20-7-5-4-6-19(20)25(29)32-3/h4-14,23H,15H2,1-3H3,(H,26,28). The highest BCUT2D eigenvalue weighted by atomic mass is 32.2. The Hall–Kier alpha value is -3.85. The summed E-state index contributed by atoms with van der Waals surface area (Å²) in [6.45, 7) is 3.48. The van der Waals surface area contributed by atoms with Crippen molar-refractivity contribution in [1.29, 1.82) is 0 Å². The zero-order valence-electron chi connectivity index (χ0n) is 18.9. The molecule has 1 atom stereocenters. The van der Waals surface area contributed by atoms with Crippen molar-refractivity contribution in [2.45, 2.75) is 24.8 Å². The summed E-state index contributed by atoms with van der Waals surface area (Å²) >= 11 is 0. The second-order valence-corrected chi connectivity index (χ2v) is 9.82. The van der Waals surface area contributed by atoms with Crippen molar-refractivity contribution in [3.8, 4) is 5.75 Å². The minimum Gasteiger partial charge on any atom is -0.476 e. The van der Waals surface area contributed by atoms with Crippen molar-refractivity contribution in [2.75, 3.05) is 23.3 Å². The predicted molar refractivity (Wildman–Crippen MR) is 128 cm³/mol. The first-order chi connectivity index (χ1) is 16.2. The molecule has 1 heterocycles. The Balaban J connectivity index is 1.69. The number of nitrogens with zero attached hydrogens (tertiary/aromatic N) is 1. The lowest BCUT2D eigenvalue weighted by molar-refractivity contribution is -0.122. The SMILES string of the molecule is COC(=O)c1ccccc1NC(=O)C1CN(S(=O)(=O)c2ccc(C)cc2)c2cc(C)ccc2O1. The number of anilines is 2. The van der Waals surface area contributed by atoms with E-state index in [0.717, 1.165) is 11.1 Å². The minimum absolute atomic E-state index is 0.114. The van der Waals surface area contributed by atoms with Gasteiger partial charge >= 0.3 is 5.97 Å². The quantitative estimate of drug-likeness (QED) is 0.559. The van der Waals surface area contributed by atoms with E-state index >= 15 is 0 Å². The molecule has 3 aromatic rings. The van der Waals surface area contributed by atoms with Gasteiger partial charge in [0, 0.05) is 0 Å². The average molecular weight is 481 g/mol. The van der Waals surface area contributed by atoms with Crippen LogP contribution in [-0.4, -0.2) is 40.1 Å². The Bertz CT molecular complexity index is 1350. The molecular weight excluding hydrogens is 456 g/mol. The second-order valence-electron chi connectivity index (χ2n) is 7.95. The number of hydrogen-bond donors (Lipinski definition) is 1. The van der Waals surface area contributed by atoms with Crippen LogP contribution in [0, 0.1) is 13.8 Å². The molecule has 0 aromatic heterocycles. The molecule has 176 valence electrons. The summed E-state index contributed by atoms with van der Waals surface area (Å²) < 4.78 is 39.0. The Morgan fingerprint density at radius 2 is 1.68 bits per heavy atom. The largest absolute Gasteiger partial charge is 0.476 e. The highest BCUT2D eigenvalue weighted by Crippen LogP contribution is 2.38. The number of methoxy groups -OCH3 is 1. The molecule has 1 N–H and O–H groups in total. The summed E-state index contributed by atoms with van der Waals surface area (Å²) in [5.41, 5.74) is 2.56. The van der Waals surface area contributed by atoms with E-state index in [1.165, 1.54) is 29.6 Å². The molecule has 0 radical (unpaired) electrons. The van der Waals surface area contributed by atoms with Gasteiger partial charge in [0.1, 0.15) is 5.75 Å². The van der Waals surface area contributed by atoms with E-state index in [1.807, 2.05) is 13.8 Å². The van der Waals surface area contributed by atoms with Gasteiger partial charge in [0.15, 0.2) is 6.10 Å². The fraction of sp³-hybridized carbons (Fsp3) is 0.200. The third-order valence-electron chi connectivity index (χ3n) is 5.48. The number of esters is 1. The van der Waals surface area contributed by atoms with E-state index in [2.05, 4.69) is 5.32 Å². The first kappa shape index (κ1) is 23.3. The lowest BCUT2D eigenvalue weighted by Gasteiger charge is -2.35. The summed E-state index contributed by atoms with van der Waals surface area (Å²) in [4.78, 5) is 25.3. The van der Waals surface area contributed by atoms with Gasteiger partial charge in [-0.3, -0.25) is 9.10 Å². The summed E-state index contributed by atoms with van der Waals surface area (Å²) in [6, 6.07) is 18.0. The molecule has 0 bridgehead atoms. The molecule has 1 aliphatic rings. The highest BCUT2D eigenvalue weighted by Gasteiger charge is 2.38. The Morgan fingerprint density at radius 1 is 1.00 bits per heavy atom. The van der Waals surface area contributed by atoms with Crippen LogP contribution in [0.4, 0.5) is 11.4 Å². The molecule has 9 heteroatoms. The molecule has 0 saturated carbocycles. The van der Waals surface area contributed by atoms with E-state index < -0.39 is 28.0 Å². The van der Waals surface area contributed by atoms with Gasteiger partial charge in [-0.05, 0) is 55.8 Å². The van der Waals surface area contributed by atoms with Crippen LogP contribution in [0.5, 0.6) is 5.75 Å². The molecule has 8 nitrogen and oxygen atoms in total. The van der Waals surface area contributed by atoms with Crippen molar-refractivity contribution in [3.63, 3.8) is 0 Å². The van der Waals surface area contributed by atoms with Crippen molar-refractivity contribution in [3.05, 3.63) is 83.4 Å². The van der Waals surface area contributed by atoms with Crippen molar-refractivity contribution in [2.24, 2.45) is 0 Å². The van der Waals surface area contributed by atoms with Crippen molar-refractivity contribution in [1.82, 2.24) is 0 Å². The zero-order chi connectivity index (χ0) is 24.5. The molecule has 0 saturated heterocycles. The maximum Gasteiger partial charge on any atom is 0.339 e. The number of ether oxygens (including phenoxy) is 2. The predicted octanol–water partition coefficient (Wildman–Crippen LogP) is 3.69. The minimum atomic E-state index is -3.97. The van der Waals surface area contributed by atoms with Gasteiger partial charge in [-0.2, -0.15) is 0 Å². The van der Waals surface area contributed by atoms with Crippen LogP contribution < -0.4 is 14.4 Å². The van der Waals surface area contributed by atoms with E-state index in [0.29, 0.717) is 5.69 Å². The topological polar surface area (TPSA) is 102 Å². The maximum atomic E-state index is 13.6. The van der Waals surface area contributed by atoms with Gasteiger partial charge in [0.05, 0.1) is 35.5 Å². The highest BCUT2D eigenvalue weighted by molar-refractivity contribution is 7.92. The van der Waals surface area contributed by atoms with E-state index in [-0.39, 0.29) is 28.4 Å². The third kappa shape index (κ3) is 4.47. The Labute approximate surface area is 198 Å². The molecule has 0 spiro atoms. The van der Waals surface area contributed by atoms with E-state index in [4.69, 9.17) is 9.47 Å². The number of fused-ring (bicyclic) bond motifs is 1. The molecule has 1 unspecified atom stereocenters. The molecule has 1 aliphatic heterocycles. The maximum absolute atomic E-state index is 13.6. The van der Waals surface area contributed by atoms with Crippen molar-refractivity contribution >= 4 is 33.3 Å². The van der Waals surface area contributed by atoms with E-state index in [1.54, 1.807) is 48.5 Å². The number of benzene rings is 3. The Morgan fingerprint density at radius 3 is 2.38 bits per heavy atom. The molecular formula is C25H24N2O6S. The molecule has 1 amide bonds. The smallest absolute Gasteiger partial charge is 0.339 e. The van der Waals surface area contributed by atoms with Crippen LogP contribution in [0.25, 0.3) is 0 Å². The number of carbonyl (C=O) groups is 2. The lowest BCUT2D eigenvalue weighted by Crippen LogP contribution is -2.49. The van der Waals surface area contributed by atoms with Gasteiger partial charge in [-0.1, -0.05) is 35.9 Å². The normalized spacial score (nSPS) is 15.1. The van der Waals surface area contributed by atoms with Crippen LogP contribution >= 0.6 is 0 Å². The molecule has 34 heavy (non-hydrogen) atoms. The van der Waals surface area contributed by atoms with Gasteiger partial charge in [-0.25, -0.2) is 13.2 Å². The number of carbonyl (C=O) groups excluding carboxylic acids is 2. The number of aryl methyl sites for hydroxylation is 2. The van der Waals surface area contributed by atoms with Gasteiger partial charge in [0.25, 0.3) is 15.9 Å². The van der Waals surface area contributed by atoms with Crippen LogP contribution in [0.1, 0.15) is 21.5 Å². The van der Waals surface area contributed by atoms with Crippen LogP contribution in [0.3, 0.4) is 0 Å². The molecule has 4 rings (SSSR count). The summed E-state index contributed by atoms with van der Waals surface area (Å²) in [5, 5.41) is 2.67. The number of para-hydroxylation sites is 1. The molecule has 0 fully saturated rings. The zero-order valence-corrected chi connectivity index (χ0v) is 19.8. The number of amides is 1. The fourth-order valence-electron chi connectivity index (χ4n) is 3.66. The third-order valence-corrected chi connectivity index (χ3v) is 7.27. The number of sulfonamides is 1. The summed E-state index contributed by atoms with van der Waals surface area (Å²) in [6.07, 6.45) is -1.15. The van der Waals surface area contributed by atoms with Crippen LogP contribution in [0.2, 0.25) is 0 Å². The number of rotatable bonds is 5. The Kier molecular flexibility index (Phi) is 6.30. The monoisotopic (exact) mass is 480 g/mol. The number of nitrogens with one attached hydrogen (secondary N) is 1. The lowest BCUT2D eigenvalue weighted by atomic mass is 10.1. The van der Waals surface area contributed by atoms with Crippen LogP contribution in [0.15, 0.2) is 71.6 Å². The number of hydrogen-bond acceptors (Lipinski definition) is 6. The van der Waals surface area contributed by atoms with E-state index in [9.17, 15) is 18.0 Å². The fourth-order valence-corrected chi connectivity index (χ4v) is 5.12. The van der Waals surface area contributed by atoms with Gasteiger partial charge in [-0.15, -0.1) is 0 Å². The summed E-state index contributed by atoms with van der Waals surface area (Å²) in [7, 11) is -2.73. The van der Waals surface area contributed by atoms with Crippen LogP contribution in [-0.2, 0) is 19.6 Å². The first-order valence-corrected chi connectivity index (χ1v) is 12.0. The first-order valence-electron chi connectivity index (χ1n) is 10.6.